The number of Topliss-reactive ketones (excluding diaryl/α,β-unsaturated/α-hetero) is 1. The van der Waals surface area contributed by atoms with Gasteiger partial charge >= 0.3 is 0 Å². The minimum atomic E-state index is 0.0724. The van der Waals surface area contributed by atoms with Crippen LogP contribution < -0.4 is 10.1 Å². The van der Waals surface area contributed by atoms with Crippen LogP contribution in [0.15, 0.2) is 29.3 Å². The summed E-state index contributed by atoms with van der Waals surface area (Å²) < 4.78 is 2.20. The fourth-order valence-corrected chi connectivity index (χ4v) is 4.89. The van der Waals surface area contributed by atoms with E-state index in [9.17, 15) is 9.59 Å². The smallest absolute Gasteiger partial charge is 0.253 e. The lowest BCUT2D eigenvalue weighted by Gasteiger charge is -2.16. The molecule has 0 bridgehead atoms. The Balaban J connectivity index is 1.59. The van der Waals surface area contributed by atoms with Crippen molar-refractivity contribution >= 4 is 28.7 Å². The highest BCUT2D eigenvalue weighted by molar-refractivity contribution is 7.11. The van der Waals surface area contributed by atoms with E-state index >= 15 is 0 Å². The molecule has 1 saturated carbocycles. The van der Waals surface area contributed by atoms with Gasteiger partial charge in [-0.15, -0.1) is 0 Å². The number of likely N-dealkylation sites (tertiary alicyclic amines) is 1. The van der Waals surface area contributed by atoms with E-state index in [-0.39, 0.29) is 11.7 Å². The zero-order valence-corrected chi connectivity index (χ0v) is 17.4. The second kappa shape index (κ2) is 7.64. The summed E-state index contributed by atoms with van der Waals surface area (Å²) in [4.78, 5) is 32.9. The van der Waals surface area contributed by atoms with Gasteiger partial charge in [0, 0.05) is 43.4 Å². The second-order valence-electron chi connectivity index (χ2n) is 7.64. The molecule has 1 amide bonds. The first-order valence-electron chi connectivity index (χ1n) is 9.82. The van der Waals surface area contributed by atoms with Crippen molar-refractivity contribution in [1.29, 1.82) is 0 Å². The van der Waals surface area contributed by atoms with Crippen LogP contribution in [-0.2, 0) is 0 Å². The van der Waals surface area contributed by atoms with E-state index in [1.807, 2.05) is 43.1 Å². The van der Waals surface area contributed by atoms with Gasteiger partial charge in [0.1, 0.15) is 0 Å². The number of aromatic nitrogens is 1. The summed E-state index contributed by atoms with van der Waals surface area (Å²) in [7, 11) is 1.94. The van der Waals surface area contributed by atoms with Crippen molar-refractivity contribution < 1.29 is 9.59 Å². The predicted octanol–water partition coefficient (Wildman–Crippen LogP) is 3.06. The van der Waals surface area contributed by atoms with Crippen LogP contribution in [0, 0.1) is 6.92 Å². The van der Waals surface area contributed by atoms with Crippen LogP contribution in [0.4, 0.5) is 5.69 Å². The third-order valence-corrected chi connectivity index (χ3v) is 6.80. The summed E-state index contributed by atoms with van der Waals surface area (Å²) in [6.07, 6.45) is 3.27. The van der Waals surface area contributed by atoms with E-state index in [2.05, 4.69) is 9.88 Å². The quantitative estimate of drug-likeness (QED) is 0.787. The molecule has 1 aromatic heterocycles. The summed E-state index contributed by atoms with van der Waals surface area (Å²) in [6.45, 7) is 5.16. The van der Waals surface area contributed by atoms with Gasteiger partial charge in [-0.2, -0.15) is 0 Å². The molecule has 1 aliphatic carbocycles. The van der Waals surface area contributed by atoms with Gasteiger partial charge in [-0.1, -0.05) is 11.3 Å². The number of benzene rings is 1. The number of likely N-dealkylation sites (N-methyl/N-ethyl adjacent to an activating group) is 1. The Bertz CT molecular complexity index is 969. The van der Waals surface area contributed by atoms with Crippen molar-refractivity contribution in [2.45, 2.75) is 45.2 Å². The number of rotatable bonds is 5. The maximum absolute atomic E-state index is 12.7. The van der Waals surface area contributed by atoms with E-state index in [0.29, 0.717) is 17.6 Å². The Labute approximate surface area is 168 Å². The number of hydrogen-bond acceptors (Lipinski definition) is 5. The van der Waals surface area contributed by atoms with Gasteiger partial charge < -0.3 is 14.8 Å². The molecule has 1 saturated heterocycles. The molecule has 0 spiro atoms. The molecule has 1 aromatic carbocycles. The maximum atomic E-state index is 12.7. The largest absolute Gasteiger partial charge is 0.337 e. The van der Waals surface area contributed by atoms with Gasteiger partial charge in [-0.05, 0) is 57.5 Å². The second-order valence-corrected chi connectivity index (χ2v) is 8.62. The predicted molar refractivity (Wildman–Crippen MR) is 110 cm³/mol. The summed E-state index contributed by atoms with van der Waals surface area (Å²) in [5.74, 6) is 0.160. The van der Waals surface area contributed by atoms with Crippen LogP contribution in [0.3, 0.4) is 0 Å². The molecule has 2 aromatic rings. The lowest BCUT2D eigenvalue weighted by atomic mass is 10.2. The van der Waals surface area contributed by atoms with E-state index in [0.717, 1.165) is 53.4 Å². The maximum Gasteiger partial charge on any atom is 0.253 e. The highest BCUT2D eigenvalue weighted by Gasteiger charge is 2.28. The van der Waals surface area contributed by atoms with Crippen LogP contribution in [0.5, 0.6) is 0 Å². The molecular weight excluding hydrogens is 372 g/mol. The standard InChI is InChI=1S/C21H26N4O2S/c1-13-19(14(2)26)28-21(25(13)18-8-9-18)23-16-6-4-15(5-7-16)20(27)24-11-10-17(12-24)22-3/h4-7,17-18,22H,8-12H2,1-3H3. The van der Waals surface area contributed by atoms with Crippen LogP contribution >= 0.6 is 11.3 Å². The van der Waals surface area contributed by atoms with Gasteiger partial charge in [0.25, 0.3) is 5.91 Å². The highest BCUT2D eigenvalue weighted by Crippen LogP contribution is 2.36. The van der Waals surface area contributed by atoms with Crippen molar-refractivity contribution in [3.05, 3.63) is 45.2 Å². The van der Waals surface area contributed by atoms with Gasteiger partial charge in [-0.25, -0.2) is 4.99 Å². The van der Waals surface area contributed by atoms with E-state index in [1.54, 1.807) is 6.92 Å². The Morgan fingerprint density at radius 3 is 2.46 bits per heavy atom. The Morgan fingerprint density at radius 2 is 1.89 bits per heavy atom. The molecule has 1 atom stereocenters. The third-order valence-electron chi connectivity index (χ3n) is 5.54. The van der Waals surface area contributed by atoms with Crippen LogP contribution in [0.1, 0.15) is 58.0 Å². The Morgan fingerprint density at radius 1 is 1.18 bits per heavy atom. The van der Waals surface area contributed by atoms with Crippen molar-refractivity contribution in [2.75, 3.05) is 20.1 Å². The minimum absolute atomic E-state index is 0.0724. The van der Waals surface area contributed by atoms with E-state index in [1.165, 1.54) is 11.3 Å². The van der Waals surface area contributed by atoms with Crippen molar-refractivity contribution in [3.8, 4) is 0 Å². The van der Waals surface area contributed by atoms with Gasteiger partial charge in [0.2, 0.25) is 0 Å². The lowest BCUT2D eigenvalue weighted by Crippen LogP contribution is -2.33. The summed E-state index contributed by atoms with van der Waals surface area (Å²) in [5.41, 5.74) is 2.51. The summed E-state index contributed by atoms with van der Waals surface area (Å²) in [5, 5.41) is 3.24. The normalized spacial score (nSPS) is 20.0. The molecule has 4 rings (SSSR count). The zero-order chi connectivity index (χ0) is 19.8. The van der Waals surface area contributed by atoms with Gasteiger partial charge in [-0.3, -0.25) is 9.59 Å². The van der Waals surface area contributed by atoms with Gasteiger partial charge in [0.15, 0.2) is 10.6 Å². The van der Waals surface area contributed by atoms with E-state index < -0.39 is 0 Å². The molecule has 2 heterocycles. The zero-order valence-electron chi connectivity index (χ0n) is 16.6. The number of carbonyl (C=O) groups is 2. The van der Waals surface area contributed by atoms with Crippen molar-refractivity contribution in [3.63, 3.8) is 0 Å². The number of ketones is 1. The fraction of sp³-hybridized carbons (Fsp3) is 0.476. The van der Waals surface area contributed by atoms with Crippen LogP contribution in [-0.4, -0.2) is 47.3 Å². The molecule has 1 aliphatic heterocycles. The summed E-state index contributed by atoms with van der Waals surface area (Å²) >= 11 is 1.46. The van der Waals surface area contributed by atoms with Crippen molar-refractivity contribution in [1.82, 2.24) is 14.8 Å². The first-order chi connectivity index (χ1) is 13.5. The monoisotopic (exact) mass is 398 g/mol. The number of hydrogen-bond donors (Lipinski definition) is 1. The molecule has 148 valence electrons. The minimum Gasteiger partial charge on any atom is -0.337 e. The average molecular weight is 399 g/mol. The Hall–Kier alpha value is -2.25. The van der Waals surface area contributed by atoms with Gasteiger partial charge in [0.05, 0.1) is 10.6 Å². The molecule has 2 fully saturated rings. The SMILES string of the molecule is CNC1CCN(C(=O)c2ccc(N=c3sc(C(C)=O)c(C)n3C3CC3)cc2)C1. The van der Waals surface area contributed by atoms with Crippen LogP contribution in [0.25, 0.3) is 0 Å². The molecule has 28 heavy (non-hydrogen) atoms. The first-order valence-corrected chi connectivity index (χ1v) is 10.6. The van der Waals surface area contributed by atoms with Crippen molar-refractivity contribution in [2.24, 2.45) is 4.99 Å². The Kier molecular flexibility index (Phi) is 5.21. The first kappa shape index (κ1) is 19.1. The molecule has 7 heteroatoms. The lowest BCUT2D eigenvalue weighted by molar-refractivity contribution is 0.0789. The molecular formula is C21H26N4O2S. The number of nitrogens with one attached hydrogen (secondary N) is 1. The average Bonchev–Trinajstić information content (AvgIpc) is 3.30. The third kappa shape index (κ3) is 3.69. The van der Waals surface area contributed by atoms with Crippen LogP contribution in [0.2, 0.25) is 0 Å². The molecule has 0 radical (unpaired) electrons. The summed E-state index contributed by atoms with van der Waals surface area (Å²) in [6, 6.07) is 8.31. The molecule has 2 aliphatic rings. The molecule has 1 unspecified atom stereocenters. The molecule has 1 N–H and O–H groups in total. The number of amides is 1. The van der Waals surface area contributed by atoms with E-state index in [4.69, 9.17) is 4.99 Å². The number of carbonyl (C=O) groups excluding carboxylic acids is 2. The number of nitrogens with zero attached hydrogens (tertiary/aromatic N) is 3. The fourth-order valence-electron chi connectivity index (χ4n) is 3.79. The highest BCUT2D eigenvalue weighted by atomic mass is 32.1. The number of thiazole rings is 1. The topological polar surface area (TPSA) is 66.7 Å². The molecule has 6 nitrogen and oxygen atoms in total.